The molecular formula is C12H12BrClN4O. The van der Waals surface area contributed by atoms with E-state index in [0.717, 1.165) is 4.47 Å². The molecule has 0 spiro atoms. The molecule has 1 heterocycles. The highest BCUT2D eigenvalue weighted by Gasteiger charge is 2.16. The van der Waals surface area contributed by atoms with Gasteiger partial charge in [0.1, 0.15) is 5.69 Å². The Bertz CT molecular complexity index is 626. The SMILES string of the molecule is CCn1ncc(N)c1C(=O)Nc1ccc(Br)c(Cl)c1. The lowest BCUT2D eigenvalue weighted by Crippen LogP contribution is -2.18. The number of nitrogen functional groups attached to an aromatic ring is 1. The fourth-order valence-corrected chi connectivity index (χ4v) is 2.08. The molecule has 0 aliphatic carbocycles. The highest BCUT2D eigenvalue weighted by molar-refractivity contribution is 9.10. The third-order valence-electron chi connectivity index (χ3n) is 2.56. The number of nitrogens with two attached hydrogens (primary N) is 1. The zero-order valence-corrected chi connectivity index (χ0v) is 12.5. The summed E-state index contributed by atoms with van der Waals surface area (Å²) in [6, 6.07) is 5.17. The standard InChI is InChI=1S/C12H12BrClN4O/c1-2-18-11(10(15)6-16-18)12(19)17-7-3-4-8(13)9(14)5-7/h3-6H,2,15H2,1H3,(H,17,19). The molecule has 0 fully saturated rings. The molecule has 3 N–H and O–H groups in total. The lowest BCUT2D eigenvalue weighted by atomic mass is 10.3. The van der Waals surface area contributed by atoms with Crippen LogP contribution in [0, 0.1) is 0 Å². The number of benzene rings is 1. The van der Waals surface area contributed by atoms with Crippen LogP contribution in [-0.4, -0.2) is 15.7 Å². The van der Waals surface area contributed by atoms with E-state index in [1.54, 1.807) is 22.9 Å². The van der Waals surface area contributed by atoms with Crippen molar-refractivity contribution in [3.8, 4) is 0 Å². The van der Waals surface area contributed by atoms with Crippen molar-refractivity contribution in [3.63, 3.8) is 0 Å². The second-order valence-corrected chi connectivity index (χ2v) is 5.11. The van der Waals surface area contributed by atoms with Gasteiger partial charge >= 0.3 is 0 Å². The molecule has 2 rings (SSSR count). The van der Waals surface area contributed by atoms with E-state index in [1.807, 2.05) is 6.92 Å². The average molecular weight is 344 g/mol. The molecule has 0 saturated heterocycles. The van der Waals surface area contributed by atoms with Gasteiger partial charge < -0.3 is 11.1 Å². The lowest BCUT2D eigenvalue weighted by Gasteiger charge is -2.08. The molecule has 0 unspecified atom stereocenters. The van der Waals surface area contributed by atoms with Gasteiger partial charge in [0.2, 0.25) is 0 Å². The topological polar surface area (TPSA) is 72.9 Å². The molecule has 0 aliphatic rings. The first kappa shape index (κ1) is 13.9. The van der Waals surface area contributed by atoms with E-state index in [4.69, 9.17) is 17.3 Å². The van der Waals surface area contributed by atoms with Crippen molar-refractivity contribution < 1.29 is 4.79 Å². The Hall–Kier alpha value is -1.53. The molecule has 5 nitrogen and oxygen atoms in total. The van der Waals surface area contributed by atoms with Gasteiger partial charge in [-0.25, -0.2) is 0 Å². The third-order valence-corrected chi connectivity index (χ3v) is 3.79. The predicted molar refractivity (Wildman–Crippen MR) is 79.4 cm³/mol. The van der Waals surface area contributed by atoms with Crippen molar-refractivity contribution in [1.29, 1.82) is 0 Å². The second-order valence-electron chi connectivity index (χ2n) is 3.85. The van der Waals surface area contributed by atoms with Gasteiger partial charge in [0.15, 0.2) is 0 Å². The summed E-state index contributed by atoms with van der Waals surface area (Å²) in [5, 5.41) is 7.29. The van der Waals surface area contributed by atoms with Crippen LogP contribution in [0.4, 0.5) is 11.4 Å². The van der Waals surface area contributed by atoms with Gasteiger partial charge in [0.05, 0.1) is 16.9 Å². The van der Waals surface area contributed by atoms with Crippen LogP contribution in [-0.2, 0) is 6.54 Å². The summed E-state index contributed by atoms with van der Waals surface area (Å²) in [4.78, 5) is 12.2. The molecule has 1 aromatic carbocycles. The molecule has 7 heteroatoms. The molecule has 2 aromatic rings. The van der Waals surface area contributed by atoms with E-state index >= 15 is 0 Å². The van der Waals surface area contributed by atoms with Crippen LogP contribution in [0.1, 0.15) is 17.4 Å². The smallest absolute Gasteiger partial charge is 0.276 e. The highest BCUT2D eigenvalue weighted by Crippen LogP contribution is 2.26. The van der Waals surface area contributed by atoms with E-state index in [0.29, 0.717) is 28.6 Å². The van der Waals surface area contributed by atoms with Gasteiger partial charge in [-0.05, 0) is 41.1 Å². The molecule has 100 valence electrons. The van der Waals surface area contributed by atoms with E-state index in [2.05, 4.69) is 26.3 Å². The van der Waals surface area contributed by atoms with Crippen LogP contribution in [0.3, 0.4) is 0 Å². The number of carbonyl (C=O) groups excluding carboxylic acids is 1. The van der Waals surface area contributed by atoms with Gasteiger partial charge in [-0.2, -0.15) is 5.10 Å². The maximum Gasteiger partial charge on any atom is 0.276 e. The molecule has 0 saturated carbocycles. The normalized spacial score (nSPS) is 10.5. The highest BCUT2D eigenvalue weighted by atomic mass is 79.9. The van der Waals surface area contributed by atoms with Crippen LogP contribution in [0.25, 0.3) is 0 Å². The summed E-state index contributed by atoms with van der Waals surface area (Å²) < 4.78 is 2.32. The number of nitrogens with one attached hydrogen (secondary N) is 1. The third kappa shape index (κ3) is 2.90. The van der Waals surface area contributed by atoms with Crippen molar-refractivity contribution in [1.82, 2.24) is 9.78 Å². The quantitative estimate of drug-likeness (QED) is 0.899. The van der Waals surface area contributed by atoms with Gasteiger partial charge in [-0.15, -0.1) is 0 Å². The summed E-state index contributed by atoms with van der Waals surface area (Å²) in [6.07, 6.45) is 1.47. The van der Waals surface area contributed by atoms with Crippen LogP contribution < -0.4 is 11.1 Å². The Kier molecular flexibility index (Phi) is 4.11. The number of amides is 1. The maximum absolute atomic E-state index is 12.2. The van der Waals surface area contributed by atoms with E-state index < -0.39 is 0 Å². The van der Waals surface area contributed by atoms with Gasteiger partial charge in [-0.3, -0.25) is 9.48 Å². The molecule has 0 aliphatic heterocycles. The minimum atomic E-state index is -0.310. The predicted octanol–water partition coefficient (Wildman–Crippen LogP) is 3.15. The number of aryl methyl sites for hydroxylation is 1. The summed E-state index contributed by atoms with van der Waals surface area (Å²) >= 11 is 9.26. The van der Waals surface area contributed by atoms with E-state index in [9.17, 15) is 4.79 Å². The summed E-state index contributed by atoms with van der Waals surface area (Å²) in [7, 11) is 0. The van der Waals surface area contributed by atoms with Crippen molar-refractivity contribution in [3.05, 3.63) is 39.6 Å². The summed E-state index contributed by atoms with van der Waals surface area (Å²) in [6.45, 7) is 2.46. The van der Waals surface area contributed by atoms with Crippen molar-refractivity contribution in [2.24, 2.45) is 0 Å². The number of nitrogens with zero attached hydrogens (tertiary/aromatic N) is 2. The Morgan fingerprint density at radius 1 is 1.58 bits per heavy atom. The largest absolute Gasteiger partial charge is 0.396 e. The van der Waals surface area contributed by atoms with Gasteiger partial charge in [0, 0.05) is 16.7 Å². The number of aromatic nitrogens is 2. The monoisotopic (exact) mass is 342 g/mol. The first-order valence-electron chi connectivity index (χ1n) is 5.60. The molecule has 1 amide bonds. The summed E-state index contributed by atoms with van der Waals surface area (Å²) in [5.41, 5.74) is 7.04. The van der Waals surface area contributed by atoms with Gasteiger partial charge in [-0.1, -0.05) is 11.6 Å². The molecule has 0 atom stereocenters. The second kappa shape index (κ2) is 5.63. The number of hydrogen-bond acceptors (Lipinski definition) is 3. The Morgan fingerprint density at radius 3 is 2.95 bits per heavy atom. The average Bonchev–Trinajstić information content (AvgIpc) is 2.75. The van der Waals surface area contributed by atoms with Crippen LogP contribution in [0.2, 0.25) is 5.02 Å². The van der Waals surface area contributed by atoms with Crippen LogP contribution >= 0.6 is 27.5 Å². The van der Waals surface area contributed by atoms with Crippen molar-refractivity contribution in [2.75, 3.05) is 11.1 Å². The van der Waals surface area contributed by atoms with E-state index in [-0.39, 0.29) is 5.91 Å². The minimum Gasteiger partial charge on any atom is -0.396 e. The minimum absolute atomic E-state index is 0.310. The first-order valence-corrected chi connectivity index (χ1v) is 6.77. The Morgan fingerprint density at radius 2 is 2.32 bits per heavy atom. The molecule has 19 heavy (non-hydrogen) atoms. The Labute approximate surface area is 123 Å². The molecule has 0 bridgehead atoms. The maximum atomic E-state index is 12.2. The van der Waals surface area contributed by atoms with E-state index in [1.165, 1.54) is 6.20 Å². The summed E-state index contributed by atoms with van der Waals surface area (Å²) in [5.74, 6) is -0.310. The lowest BCUT2D eigenvalue weighted by molar-refractivity contribution is 0.101. The van der Waals surface area contributed by atoms with Crippen LogP contribution in [0.15, 0.2) is 28.9 Å². The fraction of sp³-hybridized carbons (Fsp3) is 0.167. The molecule has 1 aromatic heterocycles. The zero-order valence-electron chi connectivity index (χ0n) is 10.2. The number of hydrogen-bond donors (Lipinski definition) is 2. The molecular weight excluding hydrogens is 332 g/mol. The number of rotatable bonds is 3. The number of carbonyl (C=O) groups is 1. The van der Waals surface area contributed by atoms with Gasteiger partial charge in [0.25, 0.3) is 5.91 Å². The Balaban J connectivity index is 2.25. The van der Waals surface area contributed by atoms with Crippen LogP contribution in [0.5, 0.6) is 0 Å². The fourth-order valence-electron chi connectivity index (χ4n) is 1.65. The number of halogens is 2. The van der Waals surface area contributed by atoms with Crippen molar-refractivity contribution in [2.45, 2.75) is 13.5 Å². The zero-order chi connectivity index (χ0) is 14.0. The number of anilines is 2. The first-order chi connectivity index (χ1) is 9.02. The van der Waals surface area contributed by atoms with Crippen molar-refractivity contribution >= 4 is 44.8 Å². The molecule has 0 radical (unpaired) electrons.